The third kappa shape index (κ3) is 4.13. The maximum atomic E-state index is 12.8. The van der Waals surface area contributed by atoms with Gasteiger partial charge in [-0.3, -0.25) is 9.36 Å². The highest BCUT2D eigenvalue weighted by Gasteiger charge is 2.22. The van der Waals surface area contributed by atoms with Crippen molar-refractivity contribution in [3.63, 3.8) is 0 Å². The number of nitrogens with zero attached hydrogens (tertiary/aromatic N) is 4. The number of aromatic nitrogens is 4. The second-order valence-electron chi connectivity index (χ2n) is 6.98. The van der Waals surface area contributed by atoms with Gasteiger partial charge in [-0.1, -0.05) is 31.7 Å². The van der Waals surface area contributed by atoms with Crippen LogP contribution in [0.15, 0.2) is 57.1 Å². The normalized spacial score (nSPS) is 12.2. The molecular formula is C21H23N5O3S3. The maximum absolute atomic E-state index is 12.8. The number of imidazole rings is 1. The Hall–Kier alpha value is -2.47. The Labute approximate surface area is 194 Å². The van der Waals surface area contributed by atoms with Gasteiger partial charge < -0.3 is 4.98 Å². The molecule has 0 radical (unpaired) electrons. The smallest absolute Gasteiger partial charge is 0.263 e. The van der Waals surface area contributed by atoms with Crippen molar-refractivity contribution in [2.45, 2.75) is 36.2 Å². The first-order valence-corrected chi connectivity index (χ1v) is 13.4. The number of rotatable bonds is 9. The van der Waals surface area contributed by atoms with E-state index in [0.29, 0.717) is 57.6 Å². The molecule has 11 heteroatoms. The molecule has 1 N–H and O–H groups in total. The average molecular weight is 490 g/mol. The first kappa shape index (κ1) is 22.7. The van der Waals surface area contributed by atoms with Crippen LogP contribution in [0.5, 0.6) is 0 Å². The van der Waals surface area contributed by atoms with Crippen LogP contribution < -0.4 is 5.56 Å². The molecule has 0 unspecified atom stereocenters. The summed E-state index contributed by atoms with van der Waals surface area (Å²) >= 11 is 2.83. The van der Waals surface area contributed by atoms with Crippen LogP contribution in [0.2, 0.25) is 0 Å². The van der Waals surface area contributed by atoms with E-state index in [0.717, 1.165) is 0 Å². The zero-order chi connectivity index (χ0) is 22.9. The van der Waals surface area contributed by atoms with Gasteiger partial charge in [0.2, 0.25) is 10.0 Å². The summed E-state index contributed by atoms with van der Waals surface area (Å²) in [6, 6.07) is 6.70. The molecule has 0 spiro atoms. The number of hydrogen-bond donors (Lipinski definition) is 1. The van der Waals surface area contributed by atoms with Gasteiger partial charge in [0.05, 0.1) is 27.1 Å². The Bertz CT molecular complexity index is 1450. The van der Waals surface area contributed by atoms with Gasteiger partial charge in [0.15, 0.2) is 5.16 Å². The van der Waals surface area contributed by atoms with Crippen molar-refractivity contribution in [1.29, 1.82) is 0 Å². The second-order valence-corrected chi connectivity index (χ2v) is 10.8. The molecule has 0 atom stereocenters. The van der Waals surface area contributed by atoms with Crippen LogP contribution in [-0.4, -0.2) is 45.3 Å². The molecule has 8 nitrogen and oxygen atoms in total. The van der Waals surface area contributed by atoms with E-state index in [2.05, 4.69) is 21.5 Å². The molecule has 0 aliphatic carbocycles. The summed E-state index contributed by atoms with van der Waals surface area (Å²) in [5.74, 6) is 1.13. The predicted octanol–water partition coefficient (Wildman–Crippen LogP) is 3.84. The van der Waals surface area contributed by atoms with E-state index in [1.54, 1.807) is 34.9 Å². The molecule has 0 fully saturated rings. The number of allylic oxidation sites excluding steroid dienone is 1. The number of sulfonamides is 1. The van der Waals surface area contributed by atoms with Crippen molar-refractivity contribution in [2.75, 3.05) is 13.1 Å². The van der Waals surface area contributed by atoms with E-state index in [4.69, 9.17) is 0 Å². The van der Waals surface area contributed by atoms with E-state index >= 15 is 0 Å². The van der Waals surface area contributed by atoms with E-state index < -0.39 is 10.0 Å². The lowest BCUT2D eigenvalue weighted by Gasteiger charge is -2.18. The molecular weight excluding hydrogens is 466 g/mol. The van der Waals surface area contributed by atoms with Crippen LogP contribution in [0.4, 0.5) is 0 Å². The van der Waals surface area contributed by atoms with Crippen LogP contribution in [-0.2, 0) is 22.3 Å². The molecule has 32 heavy (non-hydrogen) atoms. The zero-order valence-corrected chi connectivity index (χ0v) is 20.2. The molecule has 0 aliphatic heterocycles. The molecule has 0 saturated heterocycles. The topological polar surface area (TPSA) is 101 Å². The van der Waals surface area contributed by atoms with Crippen molar-refractivity contribution < 1.29 is 8.42 Å². The Morgan fingerprint density at radius 2 is 2.03 bits per heavy atom. The highest BCUT2D eigenvalue weighted by atomic mass is 32.2. The van der Waals surface area contributed by atoms with Gasteiger partial charge in [-0.2, -0.15) is 4.31 Å². The molecule has 0 aliphatic rings. The lowest BCUT2D eigenvalue weighted by atomic mass is 10.3. The fourth-order valence-electron chi connectivity index (χ4n) is 3.45. The first-order valence-electron chi connectivity index (χ1n) is 10.1. The zero-order valence-electron chi connectivity index (χ0n) is 17.7. The van der Waals surface area contributed by atoms with Crippen LogP contribution in [0.3, 0.4) is 0 Å². The van der Waals surface area contributed by atoms with Gasteiger partial charge >= 0.3 is 0 Å². The van der Waals surface area contributed by atoms with Crippen molar-refractivity contribution in [1.82, 2.24) is 23.8 Å². The van der Waals surface area contributed by atoms with Gasteiger partial charge in [-0.05, 0) is 29.6 Å². The summed E-state index contributed by atoms with van der Waals surface area (Å²) in [6.07, 6.45) is 1.67. The van der Waals surface area contributed by atoms with Gasteiger partial charge in [-0.25, -0.2) is 18.4 Å². The number of thioether (sulfide) groups is 1. The van der Waals surface area contributed by atoms with Crippen molar-refractivity contribution in [3.8, 4) is 0 Å². The molecule has 0 amide bonds. The first-order chi connectivity index (χ1) is 15.4. The molecule has 4 rings (SSSR count). The predicted molar refractivity (Wildman–Crippen MR) is 130 cm³/mol. The average Bonchev–Trinajstić information content (AvgIpc) is 3.41. The molecule has 0 saturated carbocycles. The third-order valence-electron chi connectivity index (χ3n) is 5.04. The Morgan fingerprint density at radius 1 is 1.25 bits per heavy atom. The standard InChI is InChI=1S/C21H23N5O3S3/c1-4-10-26-20(27)15-9-11-30-19(15)24-21(26)31-13-18-22-16-8-7-14(12-17(16)23-18)32(28,29)25(5-2)6-3/h4,7-9,11-12H,1,5-6,10,13H2,2-3H3,(H,22,23). The van der Waals surface area contributed by atoms with E-state index in [1.165, 1.54) is 27.4 Å². The number of aromatic amines is 1. The van der Waals surface area contributed by atoms with Gasteiger partial charge in [0, 0.05) is 19.6 Å². The minimum Gasteiger partial charge on any atom is -0.341 e. The number of benzene rings is 1. The van der Waals surface area contributed by atoms with E-state index in [9.17, 15) is 13.2 Å². The monoisotopic (exact) mass is 489 g/mol. The largest absolute Gasteiger partial charge is 0.341 e. The number of fused-ring (bicyclic) bond motifs is 2. The van der Waals surface area contributed by atoms with Crippen molar-refractivity contribution in [3.05, 3.63) is 58.5 Å². The van der Waals surface area contributed by atoms with Crippen LogP contribution in [0.25, 0.3) is 21.3 Å². The summed E-state index contributed by atoms with van der Waals surface area (Å²) in [6.45, 7) is 8.57. The highest BCUT2D eigenvalue weighted by molar-refractivity contribution is 7.98. The second kappa shape index (κ2) is 9.18. The fourth-order valence-corrected chi connectivity index (χ4v) is 6.62. The lowest BCUT2D eigenvalue weighted by Crippen LogP contribution is -2.30. The van der Waals surface area contributed by atoms with Gasteiger partial charge in [-0.15, -0.1) is 17.9 Å². The number of H-pyrrole nitrogens is 1. The number of thiophene rings is 1. The minimum absolute atomic E-state index is 0.0884. The lowest BCUT2D eigenvalue weighted by molar-refractivity contribution is 0.445. The third-order valence-corrected chi connectivity index (χ3v) is 8.88. The van der Waals surface area contributed by atoms with Crippen LogP contribution >= 0.6 is 23.1 Å². The molecule has 4 aromatic rings. The summed E-state index contributed by atoms with van der Waals surface area (Å²) in [4.78, 5) is 26.1. The highest BCUT2D eigenvalue weighted by Crippen LogP contribution is 2.26. The summed E-state index contributed by atoms with van der Waals surface area (Å²) in [5, 5.41) is 3.05. The van der Waals surface area contributed by atoms with E-state index in [-0.39, 0.29) is 10.5 Å². The molecule has 3 aromatic heterocycles. The summed E-state index contributed by atoms with van der Waals surface area (Å²) < 4.78 is 28.6. The van der Waals surface area contributed by atoms with Gasteiger partial charge in [0.1, 0.15) is 10.7 Å². The number of nitrogens with one attached hydrogen (secondary N) is 1. The number of hydrogen-bond acceptors (Lipinski definition) is 7. The van der Waals surface area contributed by atoms with Crippen LogP contribution in [0, 0.1) is 0 Å². The Kier molecular flexibility index (Phi) is 6.52. The van der Waals surface area contributed by atoms with Crippen molar-refractivity contribution in [2.24, 2.45) is 0 Å². The molecule has 168 valence electrons. The van der Waals surface area contributed by atoms with Gasteiger partial charge in [0.25, 0.3) is 5.56 Å². The Morgan fingerprint density at radius 3 is 2.75 bits per heavy atom. The van der Waals surface area contributed by atoms with E-state index in [1.807, 2.05) is 19.2 Å². The summed E-state index contributed by atoms with van der Waals surface area (Å²) in [7, 11) is -3.55. The minimum atomic E-state index is -3.55. The molecule has 1 aromatic carbocycles. The SMILES string of the molecule is C=CCn1c(SCc2nc3ccc(S(=O)(=O)N(CC)CC)cc3[nH]2)nc2sccc2c1=O. The van der Waals surface area contributed by atoms with Crippen LogP contribution in [0.1, 0.15) is 19.7 Å². The fraction of sp³-hybridized carbons (Fsp3) is 0.286. The summed E-state index contributed by atoms with van der Waals surface area (Å²) in [5.41, 5.74) is 1.25. The maximum Gasteiger partial charge on any atom is 0.263 e. The Balaban J connectivity index is 1.63. The van der Waals surface area contributed by atoms with Crippen molar-refractivity contribution >= 4 is 54.4 Å². The molecule has 3 heterocycles. The quantitative estimate of drug-likeness (QED) is 0.218. The molecule has 0 bridgehead atoms.